The molecule has 1 heterocycles. The zero-order valence-corrected chi connectivity index (χ0v) is 14.3. The summed E-state index contributed by atoms with van der Waals surface area (Å²) in [5.41, 5.74) is 2.55. The Balaban J connectivity index is 1.48. The molecule has 0 aliphatic rings. The highest BCUT2D eigenvalue weighted by Crippen LogP contribution is 2.14. The van der Waals surface area contributed by atoms with Crippen LogP contribution < -0.4 is 11.1 Å². The molecule has 1 amide bonds. The number of carbonyl (C=O) groups excluding carboxylic acids is 1. The molecule has 25 heavy (non-hydrogen) atoms. The molecule has 0 unspecified atom stereocenters. The number of aryl methyl sites for hydroxylation is 1. The van der Waals surface area contributed by atoms with Crippen molar-refractivity contribution in [3.05, 3.63) is 70.7 Å². The normalized spacial score (nSPS) is 12.2. The summed E-state index contributed by atoms with van der Waals surface area (Å²) in [5, 5.41) is 2.96. The second kappa shape index (κ2) is 7.83. The van der Waals surface area contributed by atoms with Crippen LogP contribution in [0.1, 0.15) is 31.2 Å². The van der Waals surface area contributed by atoms with Gasteiger partial charge in [-0.1, -0.05) is 49.4 Å². The maximum absolute atomic E-state index is 12.0. The quantitative estimate of drug-likeness (QED) is 0.719. The molecule has 0 bridgehead atoms. The van der Waals surface area contributed by atoms with Gasteiger partial charge in [-0.2, -0.15) is 0 Å². The predicted molar refractivity (Wildman–Crippen MR) is 97.6 cm³/mol. The Kier molecular flexibility index (Phi) is 5.33. The second-order valence-electron chi connectivity index (χ2n) is 6.21. The van der Waals surface area contributed by atoms with Gasteiger partial charge < -0.3 is 9.73 Å². The third-order valence-corrected chi connectivity index (χ3v) is 4.33. The van der Waals surface area contributed by atoms with Crippen LogP contribution >= 0.6 is 0 Å². The smallest absolute Gasteiger partial charge is 0.408 e. The summed E-state index contributed by atoms with van der Waals surface area (Å²) in [6.07, 6.45) is 0.975. The monoisotopic (exact) mass is 338 g/mol. The Bertz CT molecular complexity index is 896. The molecule has 0 spiro atoms. The lowest BCUT2D eigenvalue weighted by molar-refractivity contribution is -0.121. The number of hydrogen-bond donors (Lipinski definition) is 1. The van der Waals surface area contributed by atoms with Crippen LogP contribution in [0.25, 0.3) is 11.1 Å². The summed E-state index contributed by atoms with van der Waals surface area (Å²) in [6.45, 7) is 3.17. The average molecular weight is 338 g/mol. The van der Waals surface area contributed by atoms with E-state index < -0.39 is 0 Å². The lowest BCUT2D eigenvalue weighted by Gasteiger charge is -2.13. The molecule has 1 aromatic heterocycles. The Morgan fingerprint density at radius 2 is 1.84 bits per heavy atom. The van der Waals surface area contributed by atoms with E-state index in [-0.39, 0.29) is 17.6 Å². The summed E-state index contributed by atoms with van der Waals surface area (Å²) in [5.74, 6) is -0.103. The largest absolute Gasteiger partial charge is 0.419 e. The molecule has 0 aliphatic heterocycles. The van der Waals surface area contributed by atoms with Crippen molar-refractivity contribution >= 4 is 17.0 Å². The molecule has 0 fully saturated rings. The molecule has 1 N–H and O–H groups in total. The van der Waals surface area contributed by atoms with Gasteiger partial charge in [0.15, 0.2) is 5.58 Å². The van der Waals surface area contributed by atoms with Crippen LogP contribution in [-0.2, 0) is 11.3 Å². The number of benzene rings is 2. The molecule has 5 heteroatoms. The Hall–Kier alpha value is -2.82. The minimum atomic E-state index is -0.376. The molecular weight excluding hydrogens is 316 g/mol. The van der Waals surface area contributed by atoms with Crippen molar-refractivity contribution in [3.63, 3.8) is 0 Å². The number of hydrogen-bond acceptors (Lipinski definition) is 3. The summed E-state index contributed by atoms with van der Waals surface area (Å²) >= 11 is 0. The van der Waals surface area contributed by atoms with Crippen molar-refractivity contribution in [2.24, 2.45) is 0 Å². The topological polar surface area (TPSA) is 64.2 Å². The van der Waals surface area contributed by atoms with E-state index in [1.54, 1.807) is 10.6 Å². The first kappa shape index (κ1) is 17.0. The first-order chi connectivity index (χ1) is 12.1. The van der Waals surface area contributed by atoms with Crippen LogP contribution in [0.15, 0.2) is 63.8 Å². The van der Waals surface area contributed by atoms with Crippen LogP contribution in [0, 0.1) is 0 Å². The number of oxazole rings is 1. The molecule has 2 aromatic carbocycles. The number of nitrogens with one attached hydrogen (secondary N) is 1. The zero-order chi connectivity index (χ0) is 17.6. The fourth-order valence-corrected chi connectivity index (χ4v) is 2.88. The van der Waals surface area contributed by atoms with E-state index in [2.05, 4.69) is 24.4 Å². The van der Waals surface area contributed by atoms with Crippen molar-refractivity contribution in [3.8, 4) is 0 Å². The van der Waals surface area contributed by atoms with E-state index in [0.29, 0.717) is 31.5 Å². The van der Waals surface area contributed by atoms with Gasteiger partial charge in [-0.25, -0.2) is 4.79 Å². The molecule has 3 rings (SSSR count). The Morgan fingerprint density at radius 3 is 2.64 bits per heavy atom. The zero-order valence-electron chi connectivity index (χ0n) is 14.3. The van der Waals surface area contributed by atoms with Gasteiger partial charge in [0.1, 0.15) is 0 Å². The fraction of sp³-hybridized carbons (Fsp3) is 0.300. The highest BCUT2D eigenvalue weighted by molar-refractivity contribution is 5.76. The summed E-state index contributed by atoms with van der Waals surface area (Å²) < 4.78 is 6.77. The number of amides is 1. The van der Waals surface area contributed by atoms with Crippen LogP contribution in [0.4, 0.5) is 0 Å². The lowest BCUT2D eigenvalue weighted by Crippen LogP contribution is -2.27. The molecule has 1 atom stereocenters. The van der Waals surface area contributed by atoms with Gasteiger partial charge in [-0.15, -0.1) is 0 Å². The van der Waals surface area contributed by atoms with Gasteiger partial charge in [0, 0.05) is 19.5 Å². The maximum atomic E-state index is 12.0. The van der Waals surface area contributed by atoms with E-state index in [1.165, 1.54) is 5.56 Å². The van der Waals surface area contributed by atoms with Crippen molar-refractivity contribution < 1.29 is 9.21 Å². The van der Waals surface area contributed by atoms with Gasteiger partial charge in [0.2, 0.25) is 5.91 Å². The van der Waals surface area contributed by atoms with Gasteiger partial charge in [-0.05, 0) is 30.0 Å². The van der Waals surface area contributed by atoms with Crippen LogP contribution in [0.2, 0.25) is 0 Å². The molecule has 0 saturated heterocycles. The van der Waals surface area contributed by atoms with E-state index in [4.69, 9.17) is 4.42 Å². The van der Waals surface area contributed by atoms with Gasteiger partial charge >= 0.3 is 5.76 Å². The molecule has 5 nitrogen and oxygen atoms in total. The van der Waals surface area contributed by atoms with Crippen molar-refractivity contribution in [1.82, 2.24) is 9.88 Å². The van der Waals surface area contributed by atoms with E-state index in [1.807, 2.05) is 36.4 Å². The predicted octanol–water partition coefficient (Wildman–Crippen LogP) is 3.29. The summed E-state index contributed by atoms with van der Waals surface area (Å²) in [4.78, 5) is 23.9. The van der Waals surface area contributed by atoms with Crippen LogP contribution in [-0.4, -0.2) is 17.0 Å². The van der Waals surface area contributed by atoms with E-state index in [9.17, 15) is 9.59 Å². The number of para-hydroxylation sites is 2. The average Bonchev–Trinajstić information content (AvgIpc) is 2.96. The standard InChI is InChI=1S/C20H22N2O3/c1-15(16-8-3-2-4-9-16)14-21-19(23)12-7-13-22-17-10-5-6-11-18(17)25-20(22)24/h2-6,8-11,15H,7,12-14H2,1H3,(H,21,23)/t15-/m0/s1. The molecular formula is C20H22N2O3. The third-order valence-electron chi connectivity index (χ3n) is 4.33. The molecule has 0 radical (unpaired) electrons. The van der Waals surface area contributed by atoms with E-state index >= 15 is 0 Å². The minimum absolute atomic E-state index is 0.00336. The number of rotatable bonds is 7. The fourth-order valence-electron chi connectivity index (χ4n) is 2.88. The highest BCUT2D eigenvalue weighted by Gasteiger charge is 2.10. The Morgan fingerprint density at radius 1 is 1.12 bits per heavy atom. The minimum Gasteiger partial charge on any atom is -0.408 e. The molecule has 3 aromatic rings. The maximum Gasteiger partial charge on any atom is 0.419 e. The number of nitrogens with zero attached hydrogens (tertiary/aromatic N) is 1. The van der Waals surface area contributed by atoms with Crippen LogP contribution in [0.5, 0.6) is 0 Å². The van der Waals surface area contributed by atoms with Crippen molar-refractivity contribution in [2.45, 2.75) is 32.2 Å². The summed E-state index contributed by atoms with van der Waals surface area (Å²) in [6, 6.07) is 17.4. The Labute approximate surface area is 146 Å². The van der Waals surface area contributed by atoms with Crippen molar-refractivity contribution in [1.29, 1.82) is 0 Å². The van der Waals surface area contributed by atoms with Gasteiger partial charge in [0.25, 0.3) is 0 Å². The molecule has 0 aliphatic carbocycles. The highest BCUT2D eigenvalue weighted by atomic mass is 16.4. The SMILES string of the molecule is C[C@@H](CNC(=O)CCCn1c(=O)oc2ccccc21)c1ccccc1. The van der Waals surface area contributed by atoms with Gasteiger partial charge in [0.05, 0.1) is 5.52 Å². The molecule has 0 saturated carbocycles. The number of fused-ring (bicyclic) bond motifs is 1. The first-order valence-corrected chi connectivity index (χ1v) is 8.55. The summed E-state index contributed by atoms with van der Waals surface area (Å²) in [7, 11) is 0. The van der Waals surface area contributed by atoms with Crippen LogP contribution in [0.3, 0.4) is 0 Å². The molecule has 130 valence electrons. The first-order valence-electron chi connectivity index (χ1n) is 8.55. The van der Waals surface area contributed by atoms with Gasteiger partial charge in [-0.3, -0.25) is 9.36 Å². The van der Waals surface area contributed by atoms with E-state index in [0.717, 1.165) is 5.52 Å². The number of carbonyl (C=O) groups is 1. The lowest BCUT2D eigenvalue weighted by atomic mass is 10.0. The number of aromatic nitrogens is 1. The second-order valence-corrected chi connectivity index (χ2v) is 6.21. The van der Waals surface area contributed by atoms with Crippen molar-refractivity contribution in [2.75, 3.05) is 6.54 Å². The third kappa shape index (κ3) is 4.18.